The first-order chi connectivity index (χ1) is 14.9. The third-order valence-electron chi connectivity index (χ3n) is 5.01. The van der Waals surface area contributed by atoms with Gasteiger partial charge in [-0.3, -0.25) is 9.59 Å². The summed E-state index contributed by atoms with van der Waals surface area (Å²) in [7, 11) is -3.77. The summed E-state index contributed by atoms with van der Waals surface area (Å²) in [6.07, 6.45) is 2.37. The van der Waals surface area contributed by atoms with E-state index in [2.05, 4.69) is 15.4 Å². The molecular formula is C22H27N3O5S. The molecule has 2 aromatic rings. The van der Waals surface area contributed by atoms with Crippen LogP contribution in [-0.4, -0.2) is 46.0 Å². The van der Waals surface area contributed by atoms with Crippen LogP contribution < -0.4 is 15.4 Å². The van der Waals surface area contributed by atoms with Crippen LogP contribution in [0.1, 0.15) is 35.7 Å². The van der Waals surface area contributed by atoms with Gasteiger partial charge in [-0.25, -0.2) is 13.1 Å². The lowest BCUT2D eigenvalue weighted by Gasteiger charge is -2.12. The molecule has 0 spiro atoms. The summed E-state index contributed by atoms with van der Waals surface area (Å²) in [6.45, 7) is 2.59. The Hall–Kier alpha value is -2.75. The van der Waals surface area contributed by atoms with Crippen LogP contribution in [0.3, 0.4) is 0 Å². The number of carbonyl (C=O) groups is 2. The molecule has 0 radical (unpaired) electrons. The molecule has 1 heterocycles. The lowest BCUT2D eigenvalue weighted by Crippen LogP contribution is -2.33. The largest absolute Gasteiger partial charge is 0.377 e. The van der Waals surface area contributed by atoms with Crippen molar-refractivity contribution >= 4 is 27.5 Å². The predicted octanol–water partition coefficient (Wildman–Crippen LogP) is 2.07. The van der Waals surface area contributed by atoms with Crippen molar-refractivity contribution in [2.24, 2.45) is 0 Å². The summed E-state index contributed by atoms with van der Waals surface area (Å²) < 4.78 is 33.0. The third-order valence-corrected chi connectivity index (χ3v) is 6.43. The van der Waals surface area contributed by atoms with Gasteiger partial charge in [0.05, 0.1) is 17.5 Å². The summed E-state index contributed by atoms with van der Waals surface area (Å²) in [4.78, 5) is 24.6. The van der Waals surface area contributed by atoms with Crippen molar-refractivity contribution in [3.05, 3.63) is 59.7 Å². The third kappa shape index (κ3) is 6.36. The normalized spacial score (nSPS) is 16.1. The van der Waals surface area contributed by atoms with Crippen LogP contribution in [0.25, 0.3) is 0 Å². The highest BCUT2D eigenvalue weighted by atomic mass is 32.2. The Bertz CT molecular complexity index is 1030. The maximum Gasteiger partial charge on any atom is 0.251 e. The maximum absolute atomic E-state index is 12.5. The molecule has 1 aliphatic rings. The zero-order valence-electron chi connectivity index (χ0n) is 17.4. The number of rotatable bonds is 9. The number of para-hydroxylation sites is 1. The second-order valence-corrected chi connectivity index (χ2v) is 9.02. The van der Waals surface area contributed by atoms with E-state index in [1.807, 2.05) is 25.1 Å². The van der Waals surface area contributed by atoms with Gasteiger partial charge in [0.25, 0.3) is 5.91 Å². The minimum atomic E-state index is -3.77. The van der Waals surface area contributed by atoms with E-state index in [4.69, 9.17) is 4.74 Å². The van der Waals surface area contributed by atoms with Crippen LogP contribution in [0.2, 0.25) is 0 Å². The summed E-state index contributed by atoms with van der Waals surface area (Å²) >= 11 is 0. The lowest BCUT2D eigenvalue weighted by atomic mass is 10.1. The van der Waals surface area contributed by atoms with E-state index < -0.39 is 15.9 Å². The van der Waals surface area contributed by atoms with Gasteiger partial charge in [-0.15, -0.1) is 0 Å². The number of aryl methyl sites for hydroxylation is 1. The molecule has 3 rings (SSSR count). The molecule has 8 nitrogen and oxygen atoms in total. The molecule has 166 valence electrons. The van der Waals surface area contributed by atoms with E-state index >= 15 is 0 Å². The molecule has 2 amide bonds. The van der Waals surface area contributed by atoms with Gasteiger partial charge in [0, 0.05) is 24.4 Å². The van der Waals surface area contributed by atoms with Crippen LogP contribution in [0.4, 0.5) is 5.69 Å². The summed E-state index contributed by atoms with van der Waals surface area (Å²) in [5, 5.41) is 5.30. The van der Waals surface area contributed by atoms with Crippen molar-refractivity contribution in [2.45, 2.75) is 37.2 Å². The second kappa shape index (κ2) is 10.5. The van der Waals surface area contributed by atoms with Crippen molar-refractivity contribution in [1.82, 2.24) is 10.0 Å². The molecule has 1 saturated heterocycles. The standard InChI is InChI=1S/C22H27N3O5S/c1-2-16-7-3-4-11-20(16)25-21(26)15-23-22(27)17-8-5-10-19(13-17)31(28,29)24-14-18-9-6-12-30-18/h3-5,7-8,10-11,13,18,24H,2,6,9,12,14-15H2,1H3,(H,23,27)(H,25,26). The molecular weight excluding hydrogens is 418 g/mol. The van der Waals surface area contributed by atoms with Gasteiger partial charge in [-0.1, -0.05) is 31.2 Å². The number of ether oxygens (including phenoxy) is 1. The van der Waals surface area contributed by atoms with Gasteiger partial charge < -0.3 is 15.4 Å². The molecule has 9 heteroatoms. The Balaban J connectivity index is 1.57. The number of sulfonamides is 1. The molecule has 1 fully saturated rings. The van der Waals surface area contributed by atoms with E-state index in [9.17, 15) is 18.0 Å². The number of carbonyl (C=O) groups excluding carboxylic acids is 2. The Kier molecular flexibility index (Phi) is 7.78. The first-order valence-corrected chi connectivity index (χ1v) is 11.7. The number of amides is 2. The molecule has 31 heavy (non-hydrogen) atoms. The van der Waals surface area contributed by atoms with Gasteiger partial charge in [-0.05, 0) is 49.1 Å². The SMILES string of the molecule is CCc1ccccc1NC(=O)CNC(=O)c1cccc(S(=O)(=O)NCC2CCCO2)c1. The average Bonchev–Trinajstić information content (AvgIpc) is 3.30. The van der Waals surface area contributed by atoms with Crippen molar-refractivity contribution in [3.63, 3.8) is 0 Å². The molecule has 1 aliphatic heterocycles. The number of hydrogen-bond donors (Lipinski definition) is 3. The van der Waals surface area contributed by atoms with Gasteiger partial charge in [-0.2, -0.15) is 0 Å². The van der Waals surface area contributed by atoms with E-state index in [0.717, 1.165) is 24.8 Å². The molecule has 0 bridgehead atoms. The highest BCUT2D eigenvalue weighted by molar-refractivity contribution is 7.89. The van der Waals surface area contributed by atoms with Crippen LogP contribution in [0.5, 0.6) is 0 Å². The Morgan fingerprint density at radius 1 is 1.13 bits per heavy atom. The molecule has 0 saturated carbocycles. The topological polar surface area (TPSA) is 114 Å². The molecule has 3 N–H and O–H groups in total. The monoisotopic (exact) mass is 445 g/mol. The highest BCUT2D eigenvalue weighted by Gasteiger charge is 2.21. The van der Waals surface area contributed by atoms with Crippen LogP contribution in [-0.2, 0) is 26.0 Å². The number of anilines is 1. The first kappa shape index (κ1) is 22.9. The van der Waals surface area contributed by atoms with Crippen molar-refractivity contribution in [3.8, 4) is 0 Å². The fourth-order valence-electron chi connectivity index (χ4n) is 3.30. The number of benzene rings is 2. The quantitative estimate of drug-likeness (QED) is 0.547. The molecule has 1 atom stereocenters. The Morgan fingerprint density at radius 3 is 2.68 bits per heavy atom. The fourth-order valence-corrected chi connectivity index (χ4v) is 4.42. The van der Waals surface area contributed by atoms with Crippen LogP contribution in [0, 0.1) is 0 Å². The van der Waals surface area contributed by atoms with E-state index in [1.54, 1.807) is 6.07 Å². The summed E-state index contributed by atoms with van der Waals surface area (Å²) in [5.41, 5.74) is 1.85. The number of hydrogen-bond acceptors (Lipinski definition) is 5. The molecule has 0 aromatic heterocycles. The highest BCUT2D eigenvalue weighted by Crippen LogP contribution is 2.16. The lowest BCUT2D eigenvalue weighted by molar-refractivity contribution is -0.115. The fraction of sp³-hybridized carbons (Fsp3) is 0.364. The van der Waals surface area contributed by atoms with Gasteiger partial charge >= 0.3 is 0 Å². The summed E-state index contributed by atoms with van der Waals surface area (Å²) in [6, 6.07) is 13.1. The Morgan fingerprint density at radius 2 is 1.94 bits per heavy atom. The number of nitrogens with one attached hydrogen (secondary N) is 3. The Labute approximate surface area is 182 Å². The van der Waals surface area contributed by atoms with Gasteiger partial charge in [0.15, 0.2) is 0 Å². The second-order valence-electron chi connectivity index (χ2n) is 7.26. The first-order valence-electron chi connectivity index (χ1n) is 10.3. The van der Waals surface area contributed by atoms with Gasteiger partial charge in [0.2, 0.25) is 15.9 Å². The maximum atomic E-state index is 12.5. The van der Waals surface area contributed by atoms with E-state index in [1.165, 1.54) is 24.3 Å². The zero-order chi connectivity index (χ0) is 22.3. The molecule has 2 aromatic carbocycles. The molecule has 1 unspecified atom stereocenters. The minimum absolute atomic E-state index is 0.0144. The average molecular weight is 446 g/mol. The van der Waals surface area contributed by atoms with Crippen LogP contribution >= 0.6 is 0 Å². The smallest absolute Gasteiger partial charge is 0.251 e. The van der Waals surface area contributed by atoms with Crippen molar-refractivity contribution in [2.75, 3.05) is 25.0 Å². The molecule has 0 aliphatic carbocycles. The summed E-state index contributed by atoms with van der Waals surface area (Å²) in [5.74, 6) is -0.897. The minimum Gasteiger partial charge on any atom is -0.377 e. The zero-order valence-corrected chi connectivity index (χ0v) is 18.2. The van der Waals surface area contributed by atoms with E-state index in [-0.39, 0.29) is 35.6 Å². The van der Waals surface area contributed by atoms with Crippen LogP contribution in [0.15, 0.2) is 53.4 Å². The van der Waals surface area contributed by atoms with Gasteiger partial charge in [0.1, 0.15) is 0 Å². The van der Waals surface area contributed by atoms with Crippen molar-refractivity contribution in [1.29, 1.82) is 0 Å². The van der Waals surface area contributed by atoms with Crippen molar-refractivity contribution < 1.29 is 22.7 Å². The van der Waals surface area contributed by atoms with E-state index in [0.29, 0.717) is 12.3 Å². The predicted molar refractivity (Wildman–Crippen MR) is 117 cm³/mol.